The van der Waals surface area contributed by atoms with E-state index in [-0.39, 0.29) is 17.0 Å². The minimum Gasteiger partial charge on any atom is -0.477 e. The van der Waals surface area contributed by atoms with Crippen molar-refractivity contribution >= 4 is 29.7 Å². The average Bonchev–Trinajstić information content (AvgIpc) is 2.89. The number of aliphatic carboxylic acids is 1. The molecular weight excluding hydrogens is 256 g/mol. The number of hydrogen-bond donors (Lipinski definition) is 1. The van der Waals surface area contributed by atoms with Gasteiger partial charge in [0, 0.05) is 12.5 Å². The van der Waals surface area contributed by atoms with Crippen molar-refractivity contribution < 1.29 is 14.7 Å². The van der Waals surface area contributed by atoms with Crippen LogP contribution in [0.2, 0.25) is 0 Å². The Bertz CT molecular complexity index is 618. The maximum absolute atomic E-state index is 11.9. The fourth-order valence-corrected chi connectivity index (χ4v) is 2.98. The third-order valence-corrected chi connectivity index (χ3v) is 3.76. The fourth-order valence-electron chi connectivity index (χ4n) is 1.86. The molecule has 1 amide bonds. The zero-order valence-corrected chi connectivity index (χ0v) is 10.1. The molecule has 1 atom stereocenters. The molecule has 3 rings (SSSR count). The van der Waals surface area contributed by atoms with Crippen LogP contribution < -0.4 is 0 Å². The monoisotopic (exact) mass is 264 g/mol. The van der Waals surface area contributed by atoms with E-state index in [9.17, 15) is 9.59 Å². The summed E-state index contributed by atoms with van der Waals surface area (Å²) in [6.07, 6.45) is 3.33. The molecule has 2 aliphatic rings. The van der Waals surface area contributed by atoms with Crippen molar-refractivity contribution in [1.82, 2.24) is 19.9 Å². The van der Waals surface area contributed by atoms with Crippen LogP contribution in [-0.4, -0.2) is 42.3 Å². The molecule has 1 saturated heterocycles. The number of thioether (sulfide) groups is 1. The molecular formula is C10H8N4O3S. The number of β-lactam (4-membered cyclic amide) rings is 1. The molecule has 0 aliphatic carbocycles. The molecule has 7 nitrogen and oxygen atoms in total. The number of carbonyl (C=O) groups excluding carboxylic acids is 1. The summed E-state index contributed by atoms with van der Waals surface area (Å²) in [6, 6.07) is 0. The van der Waals surface area contributed by atoms with Crippen LogP contribution in [0.4, 0.5) is 0 Å². The number of carboxylic acids is 1. The highest BCUT2D eigenvalue weighted by molar-refractivity contribution is 8.03. The lowest BCUT2D eigenvalue weighted by Crippen LogP contribution is -2.51. The van der Waals surface area contributed by atoms with E-state index in [1.165, 1.54) is 26.8 Å². The number of nitrogens with zero attached hydrogens (tertiary/aromatic N) is 4. The van der Waals surface area contributed by atoms with Crippen molar-refractivity contribution in [2.45, 2.75) is 5.37 Å². The van der Waals surface area contributed by atoms with Crippen molar-refractivity contribution in [3.05, 3.63) is 28.6 Å². The van der Waals surface area contributed by atoms with Crippen LogP contribution in [0.15, 0.2) is 22.9 Å². The van der Waals surface area contributed by atoms with Crippen molar-refractivity contribution in [3.63, 3.8) is 0 Å². The number of amides is 1. The molecule has 0 unspecified atom stereocenters. The highest BCUT2D eigenvalue weighted by Gasteiger charge is 2.49. The Kier molecular flexibility index (Phi) is 2.27. The van der Waals surface area contributed by atoms with Gasteiger partial charge in [0.1, 0.15) is 16.8 Å². The zero-order valence-electron chi connectivity index (χ0n) is 9.27. The van der Waals surface area contributed by atoms with Crippen LogP contribution >= 0.6 is 11.8 Å². The van der Waals surface area contributed by atoms with Gasteiger partial charge in [0.15, 0.2) is 0 Å². The average molecular weight is 264 g/mol. The molecule has 1 fully saturated rings. The third-order valence-electron chi connectivity index (χ3n) is 2.68. The number of fused-ring (bicyclic) bond motifs is 1. The fraction of sp³-hybridized carbons (Fsp3) is 0.200. The standard InChI is InChI=1S/C10H8N4O3S/c1-13-3-5(11-12-13)2-6-8(15)14-7(10(16)17)4-18-9(6)14/h2-4,9H,1H3,(H,16,17)/t9-/m0/s1. The van der Waals surface area contributed by atoms with E-state index in [0.29, 0.717) is 11.3 Å². The smallest absolute Gasteiger partial charge is 0.353 e. The summed E-state index contributed by atoms with van der Waals surface area (Å²) in [7, 11) is 1.73. The Labute approximate surface area is 106 Å². The van der Waals surface area contributed by atoms with Gasteiger partial charge in [-0.25, -0.2) is 4.79 Å². The van der Waals surface area contributed by atoms with E-state index in [4.69, 9.17) is 5.11 Å². The van der Waals surface area contributed by atoms with E-state index in [1.807, 2.05) is 0 Å². The highest BCUT2D eigenvalue weighted by Crippen LogP contribution is 2.44. The van der Waals surface area contributed by atoms with Gasteiger partial charge in [-0.05, 0) is 6.08 Å². The molecule has 18 heavy (non-hydrogen) atoms. The minimum absolute atomic E-state index is 0.0336. The highest BCUT2D eigenvalue weighted by atomic mass is 32.2. The topological polar surface area (TPSA) is 88.3 Å². The Morgan fingerprint density at radius 1 is 1.61 bits per heavy atom. The predicted octanol–water partition coefficient (Wildman–Crippen LogP) is 0.0396. The van der Waals surface area contributed by atoms with Crippen LogP contribution in [0, 0.1) is 0 Å². The molecule has 1 aromatic heterocycles. The summed E-state index contributed by atoms with van der Waals surface area (Å²) in [5, 5.41) is 17.8. The van der Waals surface area contributed by atoms with E-state index >= 15 is 0 Å². The van der Waals surface area contributed by atoms with Crippen molar-refractivity contribution in [2.75, 3.05) is 0 Å². The Morgan fingerprint density at radius 2 is 2.39 bits per heavy atom. The van der Waals surface area contributed by atoms with Gasteiger partial charge in [-0.15, -0.1) is 16.9 Å². The Hall–Kier alpha value is -2.09. The first-order valence-electron chi connectivity index (χ1n) is 5.08. The molecule has 0 aromatic carbocycles. The van der Waals surface area contributed by atoms with Crippen LogP contribution in [-0.2, 0) is 16.6 Å². The summed E-state index contributed by atoms with van der Waals surface area (Å²) < 4.78 is 1.54. The number of carboxylic acid groups (broad SMARTS) is 1. The van der Waals surface area contributed by atoms with Gasteiger partial charge in [-0.1, -0.05) is 5.21 Å². The second-order valence-corrected chi connectivity index (χ2v) is 4.84. The Morgan fingerprint density at radius 3 is 3.00 bits per heavy atom. The molecule has 3 heterocycles. The van der Waals surface area contributed by atoms with Crippen LogP contribution in [0.25, 0.3) is 6.08 Å². The molecule has 8 heteroatoms. The second-order valence-electron chi connectivity index (χ2n) is 3.89. The number of aromatic nitrogens is 3. The molecule has 1 aromatic rings. The number of rotatable bonds is 2. The zero-order chi connectivity index (χ0) is 12.9. The molecule has 1 N–H and O–H groups in total. The normalized spacial score (nSPS) is 23.9. The summed E-state index contributed by atoms with van der Waals surface area (Å²) in [5.41, 5.74) is 1.17. The molecule has 0 spiro atoms. The first-order chi connectivity index (χ1) is 8.58. The first kappa shape index (κ1) is 11.0. The predicted molar refractivity (Wildman–Crippen MR) is 62.9 cm³/mol. The van der Waals surface area contributed by atoms with E-state index in [2.05, 4.69) is 10.3 Å². The SMILES string of the molecule is Cn1cc(C=C2C(=O)N3C(C(=O)O)=CS[C@@H]23)nn1. The molecule has 2 aliphatic heterocycles. The van der Waals surface area contributed by atoms with Gasteiger partial charge in [0.05, 0.1) is 11.8 Å². The van der Waals surface area contributed by atoms with Crippen molar-refractivity contribution in [1.29, 1.82) is 0 Å². The molecule has 0 radical (unpaired) electrons. The van der Waals surface area contributed by atoms with E-state index < -0.39 is 5.97 Å². The lowest BCUT2D eigenvalue weighted by atomic mass is 10.0. The van der Waals surface area contributed by atoms with Gasteiger partial charge in [-0.3, -0.25) is 14.4 Å². The van der Waals surface area contributed by atoms with Crippen molar-refractivity contribution in [3.8, 4) is 0 Å². The van der Waals surface area contributed by atoms with Crippen LogP contribution in [0.5, 0.6) is 0 Å². The van der Waals surface area contributed by atoms with Gasteiger partial charge < -0.3 is 5.11 Å². The van der Waals surface area contributed by atoms with Crippen LogP contribution in [0.1, 0.15) is 5.69 Å². The van der Waals surface area contributed by atoms with Gasteiger partial charge >= 0.3 is 5.97 Å². The molecule has 0 bridgehead atoms. The first-order valence-corrected chi connectivity index (χ1v) is 6.02. The number of aryl methyl sites for hydroxylation is 1. The number of carbonyl (C=O) groups is 2. The summed E-state index contributed by atoms with van der Waals surface area (Å²) in [6.45, 7) is 0. The van der Waals surface area contributed by atoms with Crippen molar-refractivity contribution in [2.24, 2.45) is 7.05 Å². The molecule has 0 saturated carbocycles. The number of hydrogen-bond acceptors (Lipinski definition) is 5. The van der Waals surface area contributed by atoms with E-state index in [1.54, 1.807) is 19.3 Å². The largest absolute Gasteiger partial charge is 0.477 e. The minimum atomic E-state index is -1.09. The van der Waals surface area contributed by atoms with Gasteiger partial charge in [0.25, 0.3) is 5.91 Å². The lowest BCUT2D eigenvalue weighted by Gasteiger charge is -2.36. The van der Waals surface area contributed by atoms with Crippen LogP contribution in [0.3, 0.4) is 0 Å². The quantitative estimate of drug-likeness (QED) is 0.599. The van der Waals surface area contributed by atoms with E-state index in [0.717, 1.165) is 0 Å². The summed E-state index contributed by atoms with van der Waals surface area (Å²) in [4.78, 5) is 24.0. The maximum Gasteiger partial charge on any atom is 0.353 e. The maximum atomic E-state index is 11.9. The third kappa shape index (κ3) is 1.46. The summed E-state index contributed by atoms with van der Waals surface area (Å²) in [5.74, 6) is -1.37. The lowest BCUT2D eigenvalue weighted by molar-refractivity contribution is -0.141. The van der Waals surface area contributed by atoms with Gasteiger partial charge in [-0.2, -0.15) is 0 Å². The molecule has 92 valence electrons. The Balaban J connectivity index is 1.86. The van der Waals surface area contributed by atoms with Gasteiger partial charge in [0.2, 0.25) is 0 Å². The second kappa shape index (κ2) is 3.70. The summed E-state index contributed by atoms with van der Waals surface area (Å²) >= 11 is 1.31.